The van der Waals surface area contributed by atoms with Crippen molar-refractivity contribution in [3.63, 3.8) is 0 Å². The fourth-order valence-electron chi connectivity index (χ4n) is 1.61. The Hall–Kier alpha value is -2.17. The lowest BCUT2D eigenvalue weighted by Gasteiger charge is -1.97. The summed E-state index contributed by atoms with van der Waals surface area (Å²) in [6.07, 6.45) is 0. The number of aromatic amines is 1. The highest BCUT2D eigenvalue weighted by Crippen LogP contribution is 2.06. The third-order valence-corrected chi connectivity index (χ3v) is 2.17. The van der Waals surface area contributed by atoms with Crippen molar-refractivity contribution in [3.05, 3.63) is 45.0 Å². The van der Waals surface area contributed by atoms with Crippen LogP contribution in [0.1, 0.15) is 0 Å². The Morgan fingerprint density at radius 3 is 3.00 bits per heavy atom. The first kappa shape index (κ1) is 7.25. The molecule has 68 valence electrons. The maximum absolute atomic E-state index is 11.4. The lowest BCUT2D eigenvalue weighted by molar-refractivity contribution is 1.16. The SMILES string of the molecule is O=c1cc2c(=O)[nH]c3cccc(n1)n32. The van der Waals surface area contributed by atoms with Crippen molar-refractivity contribution in [3.8, 4) is 0 Å². The zero-order chi connectivity index (χ0) is 9.71. The van der Waals surface area contributed by atoms with Crippen molar-refractivity contribution in [2.24, 2.45) is 0 Å². The molecule has 0 saturated heterocycles. The lowest BCUT2D eigenvalue weighted by Crippen LogP contribution is -2.10. The van der Waals surface area contributed by atoms with Crippen molar-refractivity contribution in [1.82, 2.24) is 14.4 Å². The number of nitrogens with one attached hydrogen (secondary N) is 1. The van der Waals surface area contributed by atoms with Gasteiger partial charge in [-0.1, -0.05) is 6.07 Å². The minimum atomic E-state index is -0.394. The molecule has 0 aromatic carbocycles. The van der Waals surface area contributed by atoms with Gasteiger partial charge in [-0.25, -0.2) is 0 Å². The number of imidazole rings is 1. The van der Waals surface area contributed by atoms with Gasteiger partial charge in [0.2, 0.25) is 0 Å². The lowest BCUT2D eigenvalue weighted by atomic mass is 10.4. The molecule has 0 aliphatic rings. The van der Waals surface area contributed by atoms with Crippen molar-refractivity contribution in [1.29, 1.82) is 0 Å². The van der Waals surface area contributed by atoms with Crippen molar-refractivity contribution in [2.45, 2.75) is 0 Å². The van der Waals surface area contributed by atoms with Crippen molar-refractivity contribution < 1.29 is 0 Å². The predicted octanol–water partition coefficient (Wildman–Crippen LogP) is -0.0262. The molecule has 0 fully saturated rings. The molecule has 5 heteroatoms. The smallest absolute Gasteiger partial charge is 0.274 e. The first-order valence-electron chi connectivity index (χ1n) is 4.10. The first-order valence-corrected chi connectivity index (χ1v) is 4.10. The van der Waals surface area contributed by atoms with Gasteiger partial charge in [0.25, 0.3) is 11.1 Å². The predicted molar refractivity (Wildman–Crippen MR) is 50.8 cm³/mol. The second-order valence-electron chi connectivity index (χ2n) is 3.04. The average Bonchev–Trinajstić information content (AvgIpc) is 2.45. The van der Waals surface area contributed by atoms with E-state index < -0.39 is 5.56 Å². The highest BCUT2D eigenvalue weighted by atomic mass is 16.1. The summed E-state index contributed by atoms with van der Waals surface area (Å²) in [5.41, 5.74) is 0.823. The number of nitrogens with zero attached hydrogens (tertiary/aromatic N) is 2. The zero-order valence-corrected chi connectivity index (χ0v) is 7.02. The molecule has 0 spiro atoms. The molecule has 14 heavy (non-hydrogen) atoms. The van der Waals surface area contributed by atoms with Crippen LogP contribution >= 0.6 is 0 Å². The molecule has 0 saturated carbocycles. The molecule has 0 bridgehead atoms. The second kappa shape index (κ2) is 2.20. The van der Waals surface area contributed by atoms with Crippen LogP contribution in [-0.4, -0.2) is 14.4 Å². The molecule has 0 unspecified atom stereocenters. The molecule has 0 amide bonds. The van der Waals surface area contributed by atoms with Gasteiger partial charge in [-0.3, -0.25) is 14.0 Å². The summed E-state index contributed by atoms with van der Waals surface area (Å²) in [5.74, 6) is 0. The Balaban J connectivity index is 2.85. The number of H-pyrrole nitrogens is 1. The van der Waals surface area contributed by atoms with E-state index in [4.69, 9.17) is 0 Å². The number of pyridine rings is 1. The summed E-state index contributed by atoms with van der Waals surface area (Å²) in [5, 5.41) is 0. The zero-order valence-electron chi connectivity index (χ0n) is 7.02. The fraction of sp³-hybridized carbons (Fsp3) is 0. The van der Waals surface area contributed by atoms with Crippen LogP contribution in [0.2, 0.25) is 0 Å². The summed E-state index contributed by atoms with van der Waals surface area (Å²) >= 11 is 0. The Morgan fingerprint density at radius 2 is 2.14 bits per heavy atom. The highest BCUT2D eigenvalue weighted by molar-refractivity contribution is 5.64. The monoisotopic (exact) mass is 187 g/mol. The van der Waals surface area contributed by atoms with Gasteiger partial charge in [0.1, 0.15) is 16.8 Å². The third-order valence-electron chi connectivity index (χ3n) is 2.17. The minimum absolute atomic E-state index is 0.263. The maximum atomic E-state index is 11.4. The van der Waals surface area contributed by atoms with Crippen LogP contribution in [0.4, 0.5) is 0 Å². The second-order valence-corrected chi connectivity index (χ2v) is 3.04. The molecule has 5 nitrogen and oxygen atoms in total. The molecule has 0 radical (unpaired) electrons. The first-order chi connectivity index (χ1) is 6.75. The van der Waals surface area contributed by atoms with Gasteiger partial charge in [-0.2, -0.15) is 4.98 Å². The van der Waals surface area contributed by atoms with Crippen LogP contribution in [0.5, 0.6) is 0 Å². The highest BCUT2D eigenvalue weighted by Gasteiger charge is 2.07. The van der Waals surface area contributed by atoms with Gasteiger partial charge in [0, 0.05) is 6.07 Å². The summed E-state index contributed by atoms with van der Waals surface area (Å²) in [7, 11) is 0. The van der Waals surface area contributed by atoms with E-state index in [0.29, 0.717) is 16.8 Å². The van der Waals surface area contributed by atoms with Crippen molar-refractivity contribution >= 4 is 16.8 Å². The molecular formula is C9H5N3O2. The van der Waals surface area contributed by atoms with E-state index in [1.807, 2.05) is 0 Å². The van der Waals surface area contributed by atoms with Gasteiger partial charge < -0.3 is 4.98 Å². The fourth-order valence-corrected chi connectivity index (χ4v) is 1.61. The molecule has 0 aliphatic heterocycles. The molecule has 3 rings (SSSR count). The van der Waals surface area contributed by atoms with Crippen LogP contribution in [-0.2, 0) is 0 Å². The van der Waals surface area contributed by atoms with E-state index in [0.717, 1.165) is 0 Å². The normalized spacial score (nSPS) is 11.4. The van der Waals surface area contributed by atoms with E-state index >= 15 is 0 Å². The Bertz CT molecular complexity index is 726. The summed E-state index contributed by atoms with van der Waals surface area (Å²) in [6.45, 7) is 0. The van der Waals surface area contributed by atoms with E-state index in [1.165, 1.54) is 6.07 Å². The van der Waals surface area contributed by atoms with Crippen molar-refractivity contribution in [2.75, 3.05) is 0 Å². The number of aromatic nitrogens is 3. The summed E-state index contributed by atoms with van der Waals surface area (Å²) in [6, 6.07) is 6.42. The largest absolute Gasteiger partial charge is 0.306 e. The van der Waals surface area contributed by atoms with E-state index in [2.05, 4.69) is 9.97 Å². The van der Waals surface area contributed by atoms with Gasteiger partial charge >= 0.3 is 0 Å². The number of rotatable bonds is 0. The van der Waals surface area contributed by atoms with Crippen LogP contribution in [0.25, 0.3) is 16.8 Å². The third kappa shape index (κ3) is 0.756. The molecule has 0 atom stereocenters. The van der Waals surface area contributed by atoms with Crippen LogP contribution < -0.4 is 11.1 Å². The summed E-state index contributed by atoms with van der Waals surface area (Å²) < 4.78 is 1.63. The molecule has 3 heterocycles. The number of hydrogen-bond acceptors (Lipinski definition) is 3. The standard InChI is InChI=1S/C9H5N3O2/c13-8-4-5-9(14)11-7-3-1-2-6(10-8)12(5)7/h1-4H,(H,11,14). The van der Waals surface area contributed by atoms with Gasteiger partial charge in [0.15, 0.2) is 0 Å². The molecular weight excluding hydrogens is 182 g/mol. The quantitative estimate of drug-likeness (QED) is 0.537. The van der Waals surface area contributed by atoms with E-state index in [9.17, 15) is 9.59 Å². The Labute approximate surface area is 77.0 Å². The van der Waals surface area contributed by atoms with Gasteiger partial charge in [0.05, 0.1) is 0 Å². The molecule has 0 aliphatic carbocycles. The minimum Gasteiger partial charge on any atom is -0.306 e. The van der Waals surface area contributed by atoms with Crippen LogP contribution in [0.3, 0.4) is 0 Å². The van der Waals surface area contributed by atoms with Crippen LogP contribution in [0.15, 0.2) is 33.9 Å². The van der Waals surface area contributed by atoms with E-state index in [1.54, 1.807) is 22.6 Å². The van der Waals surface area contributed by atoms with Crippen LogP contribution in [0, 0.1) is 0 Å². The van der Waals surface area contributed by atoms with E-state index in [-0.39, 0.29) is 5.56 Å². The topological polar surface area (TPSA) is 67.2 Å². The number of hydrogen-bond donors (Lipinski definition) is 1. The summed E-state index contributed by atoms with van der Waals surface area (Å²) in [4.78, 5) is 29.0. The molecule has 3 aromatic heterocycles. The van der Waals surface area contributed by atoms with Gasteiger partial charge in [-0.15, -0.1) is 0 Å². The maximum Gasteiger partial charge on any atom is 0.274 e. The average molecular weight is 187 g/mol. The Morgan fingerprint density at radius 1 is 1.29 bits per heavy atom. The van der Waals surface area contributed by atoms with Gasteiger partial charge in [-0.05, 0) is 12.1 Å². The Kier molecular flexibility index (Phi) is 1.14. The molecule has 3 aromatic rings. The molecule has 1 N–H and O–H groups in total.